The lowest BCUT2D eigenvalue weighted by atomic mass is 10.1. The summed E-state index contributed by atoms with van der Waals surface area (Å²) < 4.78 is 34.0. The lowest BCUT2D eigenvalue weighted by Gasteiger charge is -2.24. The molecule has 0 radical (unpaired) electrons. The van der Waals surface area contributed by atoms with E-state index in [4.69, 9.17) is 9.84 Å². The Labute approximate surface area is 139 Å². The van der Waals surface area contributed by atoms with Crippen LogP contribution in [0.25, 0.3) is 0 Å². The maximum atomic E-state index is 12.6. The number of alkyl halides is 2. The highest BCUT2D eigenvalue weighted by Crippen LogP contribution is 2.30. The van der Waals surface area contributed by atoms with Crippen molar-refractivity contribution in [2.45, 2.75) is 26.9 Å². The fraction of sp³-hybridized carbons (Fsp3) is 0.500. The predicted molar refractivity (Wildman–Crippen MR) is 82.6 cm³/mol. The number of carboxylic acid groups (broad SMARTS) is 1. The standard InChI is InChI=1S/C16H21F2NO5/c1-10(2)9-19(7-6-14(20)21)15(22)11-4-5-12(24-16(17)18)13(8-11)23-3/h4-5,8,10,16H,6-7,9H2,1-3H3,(H,20,21). The number of hydrogen-bond donors (Lipinski definition) is 1. The van der Waals surface area contributed by atoms with Crippen LogP contribution in [0.4, 0.5) is 8.78 Å². The highest BCUT2D eigenvalue weighted by Gasteiger charge is 2.20. The zero-order valence-electron chi connectivity index (χ0n) is 13.8. The minimum absolute atomic E-state index is 0.00359. The zero-order chi connectivity index (χ0) is 18.3. The quantitative estimate of drug-likeness (QED) is 0.745. The second-order valence-corrected chi connectivity index (χ2v) is 5.53. The molecule has 0 unspecified atom stereocenters. The molecule has 24 heavy (non-hydrogen) atoms. The topological polar surface area (TPSA) is 76.1 Å². The Balaban J connectivity index is 3.02. The summed E-state index contributed by atoms with van der Waals surface area (Å²) in [5, 5.41) is 8.81. The van der Waals surface area contributed by atoms with Gasteiger partial charge < -0.3 is 19.5 Å². The third-order valence-electron chi connectivity index (χ3n) is 3.09. The van der Waals surface area contributed by atoms with Crippen LogP contribution in [0.5, 0.6) is 11.5 Å². The molecule has 1 rings (SSSR count). The monoisotopic (exact) mass is 345 g/mol. The number of benzene rings is 1. The second-order valence-electron chi connectivity index (χ2n) is 5.53. The number of carboxylic acids is 1. The first-order valence-corrected chi connectivity index (χ1v) is 7.38. The molecule has 1 aromatic carbocycles. The Morgan fingerprint density at radius 3 is 2.42 bits per heavy atom. The van der Waals surface area contributed by atoms with Crippen molar-refractivity contribution in [1.29, 1.82) is 0 Å². The molecule has 0 heterocycles. The van der Waals surface area contributed by atoms with E-state index in [9.17, 15) is 18.4 Å². The summed E-state index contributed by atoms with van der Waals surface area (Å²) in [7, 11) is 1.28. The number of methoxy groups -OCH3 is 1. The van der Waals surface area contributed by atoms with Gasteiger partial charge in [0.15, 0.2) is 11.5 Å². The van der Waals surface area contributed by atoms with Crippen LogP contribution >= 0.6 is 0 Å². The Morgan fingerprint density at radius 2 is 1.92 bits per heavy atom. The van der Waals surface area contributed by atoms with E-state index in [1.807, 2.05) is 13.8 Å². The molecule has 0 spiro atoms. The maximum absolute atomic E-state index is 12.6. The van der Waals surface area contributed by atoms with Crippen LogP contribution in [0.2, 0.25) is 0 Å². The van der Waals surface area contributed by atoms with E-state index in [0.717, 1.165) is 0 Å². The number of carbonyl (C=O) groups excluding carboxylic acids is 1. The maximum Gasteiger partial charge on any atom is 0.387 e. The minimum Gasteiger partial charge on any atom is -0.493 e. The molecule has 8 heteroatoms. The van der Waals surface area contributed by atoms with Crippen LogP contribution in [0.1, 0.15) is 30.6 Å². The van der Waals surface area contributed by atoms with E-state index in [-0.39, 0.29) is 35.9 Å². The molecular weight excluding hydrogens is 324 g/mol. The Morgan fingerprint density at radius 1 is 1.25 bits per heavy atom. The van der Waals surface area contributed by atoms with Crippen molar-refractivity contribution in [2.24, 2.45) is 5.92 Å². The third kappa shape index (κ3) is 6.02. The SMILES string of the molecule is COc1cc(C(=O)N(CCC(=O)O)CC(C)C)ccc1OC(F)F. The zero-order valence-corrected chi connectivity index (χ0v) is 13.8. The largest absolute Gasteiger partial charge is 0.493 e. The molecule has 1 aromatic rings. The van der Waals surface area contributed by atoms with Gasteiger partial charge in [0.05, 0.1) is 13.5 Å². The molecule has 0 atom stereocenters. The van der Waals surface area contributed by atoms with E-state index in [1.165, 1.54) is 30.2 Å². The summed E-state index contributed by atoms with van der Waals surface area (Å²) in [4.78, 5) is 24.8. The van der Waals surface area contributed by atoms with Gasteiger partial charge in [-0.15, -0.1) is 0 Å². The number of nitrogens with zero attached hydrogens (tertiary/aromatic N) is 1. The van der Waals surface area contributed by atoms with Crippen molar-refractivity contribution in [3.05, 3.63) is 23.8 Å². The molecule has 1 amide bonds. The summed E-state index contributed by atoms with van der Waals surface area (Å²) in [6.45, 7) is 1.24. The Hall–Kier alpha value is -2.38. The van der Waals surface area contributed by atoms with Crippen LogP contribution in [-0.4, -0.2) is 48.7 Å². The fourth-order valence-corrected chi connectivity index (χ4v) is 2.12. The van der Waals surface area contributed by atoms with Crippen molar-refractivity contribution >= 4 is 11.9 Å². The molecule has 0 saturated heterocycles. The highest BCUT2D eigenvalue weighted by atomic mass is 19.3. The van der Waals surface area contributed by atoms with Gasteiger partial charge in [0.25, 0.3) is 5.91 Å². The van der Waals surface area contributed by atoms with E-state index in [0.29, 0.717) is 6.54 Å². The lowest BCUT2D eigenvalue weighted by Crippen LogP contribution is -2.36. The number of halogens is 2. The number of carbonyl (C=O) groups is 2. The van der Waals surface area contributed by atoms with Crippen molar-refractivity contribution in [3.8, 4) is 11.5 Å². The molecule has 0 aliphatic carbocycles. The van der Waals surface area contributed by atoms with Crippen molar-refractivity contribution in [3.63, 3.8) is 0 Å². The number of hydrogen-bond acceptors (Lipinski definition) is 4. The molecule has 1 N–H and O–H groups in total. The molecule has 134 valence electrons. The van der Waals surface area contributed by atoms with E-state index < -0.39 is 18.5 Å². The van der Waals surface area contributed by atoms with Gasteiger partial charge in [-0.1, -0.05) is 13.8 Å². The summed E-state index contributed by atoms with van der Waals surface area (Å²) in [5.74, 6) is -1.43. The smallest absolute Gasteiger partial charge is 0.387 e. The molecule has 0 fully saturated rings. The number of amides is 1. The molecule has 0 aliphatic heterocycles. The van der Waals surface area contributed by atoms with Crippen LogP contribution in [0.3, 0.4) is 0 Å². The van der Waals surface area contributed by atoms with Crippen molar-refractivity contribution in [2.75, 3.05) is 20.2 Å². The normalized spacial score (nSPS) is 10.8. The van der Waals surface area contributed by atoms with Gasteiger partial charge in [-0.2, -0.15) is 8.78 Å². The number of rotatable bonds is 9. The summed E-state index contributed by atoms with van der Waals surface area (Å²) in [5.41, 5.74) is 0.208. The second kappa shape index (κ2) is 9.05. The minimum atomic E-state index is -3.01. The molecule has 0 aromatic heterocycles. The average molecular weight is 345 g/mol. The van der Waals surface area contributed by atoms with Gasteiger partial charge in [-0.05, 0) is 24.1 Å². The summed E-state index contributed by atoms with van der Waals surface area (Å²) in [6, 6.07) is 3.87. The van der Waals surface area contributed by atoms with Crippen LogP contribution < -0.4 is 9.47 Å². The van der Waals surface area contributed by atoms with Gasteiger partial charge in [0, 0.05) is 18.7 Å². The first kappa shape index (κ1) is 19.7. The molecular formula is C16H21F2NO5. The number of ether oxygens (including phenoxy) is 2. The average Bonchev–Trinajstić information content (AvgIpc) is 2.50. The van der Waals surface area contributed by atoms with Gasteiger partial charge in [0.2, 0.25) is 0 Å². The van der Waals surface area contributed by atoms with E-state index >= 15 is 0 Å². The highest BCUT2D eigenvalue weighted by molar-refractivity contribution is 5.95. The first-order valence-electron chi connectivity index (χ1n) is 7.38. The van der Waals surface area contributed by atoms with Crippen LogP contribution in [0.15, 0.2) is 18.2 Å². The van der Waals surface area contributed by atoms with Crippen molar-refractivity contribution in [1.82, 2.24) is 4.90 Å². The Bertz CT molecular complexity index is 578. The molecule has 6 nitrogen and oxygen atoms in total. The third-order valence-corrected chi connectivity index (χ3v) is 3.09. The van der Waals surface area contributed by atoms with E-state index in [2.05, 4.69) is 4.74 Å². The molecule has 0 aliphatic rings. The Kier molecular flexibility index (Phi) is 7.41. The predicted octanol–water partition coefficient (Wildman–Crippen LogP) is 2.87. The van der Waals surface area contributed by atoms with Crippen LogP contribution in [-0.2, 0) is 4.79 Å². The van der Waals surface area contributed by atoms with E-state index in [1.54, 1.807) is 0 Å². The number of aliphatic carboxylic acids is 1. The van der Waals surface area contributed by atoms with Crippen LogP contribution in [0, 0.1) is 5.92 Å². The molecule has 0 saturated carbocycles. The van der Waals surface area contributed by atoms with Crippen molar-refractivity contribution < 1.29 is 33.0 Å². The fourth-order valence-electron chi connectivity index (χ4n) is 2.12. The van der Waals surface area contributed by atoms with Gasteiger partial charge in [-0.3, -0.25) is 9.59 Å². The first-order chi connectivity index (χ1) is 11.2. The summed E-state index contributed by atoms with van der Waals surface area (Å²) in [6.07, 6.45) is -0.178. The van der Waals surface area contributed by atoms with Gasteiger partial charge in [0.1, 0.15) is 0 Å². The van der Waals surface area contributed by atoms with Gasteiger partial charge >= 0.3 is 12.6 Å². The van der Waals surface area contributed by atoms with Gasteiger partial charge in [-0.25, -0.2) is 0 Å². The molecule has 0 bridgehead atoms. The summed E-state index contributed by atoms with van der Waals surface area (Å²) >= 11 is 0. The lowest BCUT2D eigenvalue weighted by molar-refractivity contribution is -0.137.